The largest absolute Gasteiger partial charge is 0.350 e. The Kier molecular flexibility index (Phi) is 5.06. The topological polar surface area (TPSA) is 52.7 Å². The number of benzene rings is 1. The van der Waals surface area contributed by atoms with Crippen LogP contribution in [-0.2, 0) is 15.0 Å². The molecule has 6 heteroatoms. The third kappa shape index (κ3) is 4.23. The molecule has 1 aliphatic carbocycles. The molecule has 1 aromatic rings. The number of hydrogen-bond acceptors (Lipinski definition) is 3. The fraction of sp³-hybridized carbons (Fsp3) is 0.600. The first-order valence-corrected chi connectivity index (χ1v) is 9.28. The van der Waals surface area contributed by atoms with Gasteiger partial charge in [0.05, 0.1) is 12.0 Å². The van der Waals surface area contributed by atoms with E-state index in [-0.39, 0.29) is 23.2 Å². The van der Waals surface area contributed by atoms with Crippen LogP contribution < -0.4 is 5.32 Å². The smallest absolute Gasteiger partial charge is 0.234 e. The summed E-state index contributed by atoms with van der Waals surface area (Å²) in [5.41, 5.74) is 0.220. The Morgan fingerprint density at radius 2 is 1.65 bits per heavy atom. The van der Waals surface area contributed by atoms with Gasteiger partial charge < -0.3 is 10.2 Å². The first-order chi connectivity index (χ1) is 12.2. The summed E-state index contributed by atoms with van der Waals surface area (Å²) in [5, 5.41) is 2.97. The van der Waals surface area contributed by atoms with Crippen LogP contribution in [0.5, 0.6) is 0 Å². The maximum Gasteiger partial charge on any atom is 0.234 e. The normalized spacial score (nSPS) is 19.9. The molecule has 0 spiro atoms. The van der Waals surface area contributed by atoms with Crippen LogP contribution >= 0.6 is 0 Å². The highest BCUT2D eigenvalue weighted by atomic mass is 19.1. The summed E-state index contributed by atoms with van der Waals surface area (Å²) in [6.07, 6.45) is 1.65. The van der Waals surface area contributed by atoms with Gasteiger partial charge in [-0.05, 0) is 51.3 Å². The van der Waals surface area contributed by atoms with Crippen LogP contribution in [0, 0.1) is 5.82 Å². The van der Waals surface area contributed by atoms with E-state index >= 15 is 0 Å². The second-order valence-corrected chi connectivity index (χ2v) is 8.46. The highest BCUT2D eigenvalue weighted by Crippen LogP contribution is 2.49. The van der Waals surface area contributed by atoms with Gasteiger partial charge in [-0.1, -0.05) is 12.1 Å². The highest BCUT2D eigenvalue weighted by Gasteiger charge is 2.53. The monoisotopic (exact) mass is 361 g/mol. The van der Waals surface area contributed by atoms with Gasteiger partial charge in [-0.2, -0.15) is 0 Å². The van der Waals surface area contributed by atoms with Crippen molar-refractivity contribution in [2.24, 2.45) is 0 Å². The van der Waals surface area contributed by atoms with Crippen molar-refractivity contribution in [1.82, 2.24) is 15.1 Å². The maximum absolute atomic E-state index is 13.2. The standard InChI is InChI=1S/C20H28FN3O2/c1-19(2,3)22-17(25)14-23-10-12-24(13-11-23)18(26)20(8-9-20)15-4-6-16(21)7-5-15/h4-7H,8-14H2,1-3H3,(H,22,25). The van der Waals surface area contributed by atoms with E-state index in [0.29, 0.717) is 32.7 Å². The molecule has 5 nitrogen and oxygen atoms in total. The molecule has 1 saturated carbocycles. The first kappa shape index (κ1) is 18.8. The first-order valence-electron chi connectivity index (χ1n) is 9.28. The zero-order chi connectivity index (χ0) is 18.9. The number of carbonyl (C=O) groups is 2. The highest BCUT2D eigenvalue weighted by molar-refractivity contribution is 5.91. The van der Waals surface area contributed by atoms with Crippen molar-refractivity contribution in [3.8, 4) is 0 Å². The van der Waals surface area contributed by atoms with E-state index in [1.165, 1.54) is 12.1 Å². The fourth-order valence-electron chi connectivity index (χ4n) is 3.59. The average Bonchev–Trinajstić information content (AvgIpc) is 3.35. The van der Waals surface area contributed by atoms with Gasteiger partial charge in [0.25, 0.3) is 0 Å². The summed E-state index contributed by atoms with van der Waals surface area (Å²) in [6.45, 7) is 8.91. The minimum Gasteiger partial charge on any atom is -0.350 e. The molecular weight excluding hydrogens is 333 g/mol. The number of nitrogens with one attached hydrogen (secondary N) is 1. The molecule has 26 heavy (non-hydrogen) atoms. The summed E-state index contributed by atoms with van der Waals surface area (Å²) in [7, 11) is 0. The number of hydrogen-bond donors (Lipinski definition) is 1. The number of carbonyl (C=O) groups excluding carboxylic acids is 2. The number of halogens is 1. The third-order valence-electron chi connectivity index (χ3n) is 5.10. The molecule has 1 aromatic carbocycles. The van der Waals surface area contributed by atoms with Gasteiger partial charge >= 0.3 is 0 Å². The molecule has 1 N–H and O–H groups in total. The number of amides is 2. The van der Waals surface area contributed by atoms with E-state index in [0.717, 1.165) is 18.4 Å². The summed E-state index contributed by atoms with van der Waals surface area (Å²) in [5.74, 6) is -0.121. The summed E-state index contributed by atoms with van der Waals surface area (Å²) in [4.78, 5) is 29.1. The van der Waals surface area contributed by atoms with Crippen molar-refractivity contribution in [3.05, 3.63) is 35.6 Å². The van der Waals surface area contributed by atoms with Crippen molar-refractivity contribution < 1.29 is 14.0 Å². The molecule has 0 atom stereocenters. The SMILES string of the molecule is CC(C)(C)NC(=O)CN1CCN(C(=O)C2(c3ccc(F)cc3)CC2)CC1. The molecule has 0 radical (unpaired) electrons. The van der Waals surface area contributed by atoms with Gasteiger partial charge in [0.15, 0.2) is 0 Å². The second-order valence-electron chi connectivity index (χ2n) is 8.46. The van der Waals surface area contributed by atoms with Crippen molar-refractivity contribution in [1.29, 1.82) is 0 Å². The van der Waals surface area contributed by atoms with Crippen LogP contribution in [0.25, 0.3) is 0 Å². The fourth-order valence-corrected chi connectivity index (χ4v) is 3.59. The predicted molar refractivity (Wildman–Crippen MR) is 98.2 cm³/mol. The molecular formula is C20H28FN3O2. The number of rotatable bonds is 4. The van der Waals surface area contributed by atoms with E-state index in [9.17, 15) is 14.0 Å². The van der Waals surface area contributed by atoms with Gasteiger partial charge in [0, 0.05) is 31.7 Å². The average molecular weight is 361 g/mol. The maximum atomic E-state index is 13.2. The predicted octanol–water partition coefficient (Wildman–Crippen LogP) is 1.92. The van der Waals surface area contributed by atoms with Gasteiger partial charge in [0.1, 0.15) is 5.82 Å². The lowest BCUT2D eigenvalue weighted by molar-refractivity contribution is -0.136. The van der Waals surface area contributed by atoms with E-state index in [4.69, 9.17) is 0 Å². The lowest BCUT2D eigenvalue weighted by atomic mass is 9.94. The number of piperazine rings is 1. The molecule has 2 amide bonds. The summed E-state index contributed by atoms with van der Waals surface area (Å²) >= 11 is 0. The molecule has 0 bridgehead atoms. The molecule has 0 aromatic heterocycles. The molecule has 1 aliphatic heterocycles. The van der Waals surface area contributed by atoms with Crippen molar-refractivity contribution >= 4 is 11.8 Å². The van der Waals surface area contributed by atoms with Gasteiger partial charge in [-0.25, -0.2) is 4.39 Å². The van der Waals surface area contributed by atoms with Crippen molar-refractivity contribution in [2.75, 3.05) is 32.7 Å². The zero-order valence-electron chi connectivity index (χ0n) is 15.8. The molecule has 142 valence electrons. The van der Waals surface area contributed by atoms with Crippen LogP contribution in [-0.4, -0.2) is 59.9 Å². The van der Waals surface area contributed by atoms with Crippen LogP contribution in [0.1, 0.15) is 39.2 Å². The van der Waals surface area contributed by atoms with Gasteiger partial charge in [-0.3, -0.25) is 14.5 Å². The Morgan fingerprint density at radius 1 is 1.08 bits per heavy atom. The van der Waals surface area contributed by atoms with Crippen molar-refractivity contribution in [2.45, 2.75) is 44.6 Å². The van der Waals surface area contributed by atoms with Crippen molar-refractivity contribution in [3.63, 3.8) is 0 Å². The molecule has 2 fully saturated rings. The summed E-state index contributed by atoms with van der Waals surface area (Å²) < 4.78 is 13.2. The van der Waals surface area contributed by atoms with Crippen LogP contribution in [0.3, 0.4) is 0 Å². The minimum atomic E-state index is -0.459. The summed E-state index contributed by atoms with van der Waals surface area (Å²) in [6, 6.07) is 6.31. The Balaban J connectivity index is 1.54. The molecule has 1 saturated heterocycles. The minimum absolute atomic E-state index is 0.0160. The lowest BCUT2D eigenvalue weighted by Gasteiger charge is -2.36. The van der Waals surface area contributed by atoms with Crippen LogP contribution in [0.4, 0.5) is 4.39 Å². The van der Waals surface area contributed by atoms with Gasteiger partial charge in [0.2, 0.25) is 11.8 Å². The van der Waals surface area contributed by atoms with E-state index in [1.807, 2.05) is 25.7 Å². The van der Waals surface area contributed by atoms with Gasteiger partial charge in [-0.15, -0.1) is 0 Å². The lowest BCUT2D eigenvalue weighted by Crippen LogP contribution is -2.54. The molecule has 0 unspecified atom stereocenters. The van der Waals surface area contributed by atoms with E-state index in [2.05, 4.69) is 10.2 Å². The third-order valence-corrected chi connectivity index (χ3v) is 5.10. The molecule has 3 rings (SSSR count). The van der Waals surface area contributed by atoms with Crippen LogP contribution in [0.15, 0.2) is 24.3 Å². The quantitative estimate of drug-likeness (QED) is 0.891. The Hall–Kier alpha value is -1.95. The van der Waals surface area contributed by atoms with E-state index in [1.54, 1.807) is 12.1 Å². The zero-order valence-corrected chi connectivity index (χ0v) is 15.8. The Labute approximate surface area is 154 Å². The molecule has 1 heterocycles. The number of nitrogens with zero attached hydrogens (tertiary/aromatic N) is 2. The van der Waals surface area contributed by atoms with Crippen LogP contribution in [0.2, 0.25) is 0 Å². The Bertz CT molecular complexity index is 669. The van der Waals surface area contributed by atoms with E-state index < -0.39 is 5.41 Å². The second kappa shape index (κ2) is 6.99. The molecule has 2 aliphatic rings. The Morgan fingerprint density at radius 3 is 2.15 bits per heavy atom.